The molecule has 0 radical (unpaired) electrons. The van der Waals surface area contributed by atoms with Gasteiger partial charge in [-0.1, -0.05) is 69.7 Å². The average molecular weight is 503 g/mol. The van der Waals surface area contributed by atoms with Gasteiger partial charge in [-0.05, 0) is 72.4 Å². The van der Waals surface area contributed by atoms with Crippen molar-refractivity contribution in [1.29, 1.82) is 0 Å². The third-order valence-corrected chi connectivity index (χ3v) is 8.36. The van der Waals surface area contributed by atoms with Gasteiger partial charge in [0.2, 0.25) is 5.91 Å². The van der Waals surface area contributed by atoms with Crippen molar-refractivity contribution in [3.8, 4) is 0 Å². The molecule has 1 aliphatic rings. The molecule has 4 nitrogen and oxygen atoms in total. The van der Waals surface area contributed by atoms with E-state index in [0.717, 1.165) is 18.4 Å². The van der Waals surface area contributed by atoms with Crippen LogP contribution in [0.2, 0.25) is 0 Å². The first-order valence-corrected chi connectivity index (χ1v) is 13.8. The van der Waals surface area contributed by atoms with Gasteiger partial charge in [0.05, 0.1) is 6.04 Å². The molecule has 1 aromatic heterocycles. The number of carbonyl (C=O) groups is 2. The van der Waals surface area contributed by atoms with Crippen LogP contribution < -0.4 is 0 Å². The lowest BCUT2D eigenvalue weighted by atomic mass is 9.86. The van der Waals surface area contributed by atoms with E-state index in [1.54, 1.807) is 16.2 Å². The lowest BCUT2D eigenvalue weighted by Gasteiger charge is -2.38. The van der Waals surface area contributed by atoms with E-state index in [1.165, 1.54) is 21.6 Å². The quantitative estimate of drug-likeness (QED) is 0.373. The number of hydrogen-bond acceptors (Lipinski definition) is 3. The third kappa shape index (κ3) is 5.41. The number of hydrogen-bond donors (Lipinski definition) is 0. The minimum Gasteiger partial charge on any atom is -0.330 e. The van der Waals surface area contributed by atoms with E-state index >= 15 is 0 Å². The second-order valence-electron chi connectivity index (χ2n) is 11.0. The van der Waals surface area contributed by atoms with Crippen LogP contribution in [0.3, 0.4) is 0 Å². The summed E-state index contributed by atoms with van der Waals surface area (Å²) in [4.78, 5) is 32.6. The average Bonchev–Trinajstić information content (AvgIpc) is 3.35. The Labute approximate surface area is 219 Å². The van der Waals surface area contributed by atoms with Gasteiger partial charge in [0.25, 0.3) is 5.91 Å². The Bertz CT molecular complexity index is 1200. The van der Waals surface area contributed by atoms with Crippen molar-refractivity contribution in [2.75, 3.05) is 13.1 Å². The normalized spacial score (nSPS) is 16.4. The van der Waals surface area contributed by atoms with Gasteiger partial charge in [-0.2, -0.15) is 0 Å². The standard InChI is InChI=1S/C31H38N2O2S/c1-7-22(3)33(30(35)24-12-14-25(15-13-24)31(4,5)6)20-28(34)32-18-16-27-26(17-19-36-27)29(32)23-10-8-21(2)9-11-23/h8-15,17,19,22,29H,7,16,18,20H2,1-6H3. The summed E-state index contributed by atoms with van der Waals surface area (Å²) < 4.78 is 0. The molecule has 4 rings (SSSR count). The van der Waals surface area contributed by atoms with Gasteiger partial charge < -0.3 is 9.80 Å². The number of benzene rings is 2. The molecule has 2 aromatic carbocycles. The van der Waals surface area contributed by atoms with Crippen LogP contribution in [0.15, 0.2) is 60.0 Å². The van der Waals surface area contributed by atoms with E-state index in [1.807, 2.05) is 36.1 Å². The number of thiophene rings is 1. The summed E-state index contributed by atoms with van der Waals surface area (Å²) in [5.74, 6) is -0.0873. The van der Waals surface area contributed by atoms with Crippen LogP contribution in [0.1, 0.15) is 84.6 Å². The van der Waals surface area contributed by atoms with Gasteiger partial charge in [-0.25, -0.2) is 0 Å². The summed E-state index contributed by atoms with van der Waals surface area (Å²) in [5, 5.41) is 2.12. The molecule has 0 saturated heterocycles. The SMILES string of the molecule is CCC(C)N(CC(=O)N1CCc2sccc2C1c1ccc(C)cc1)C(=O)c1ccc(C(C)(C)C)cc1. The Morgan fingerprint density at radius 1 is 1.06 bits per heavy atom. The Balaban J connectivity index is 1.61. The summed E-state index contributed by atoms with van der Waals surface area (Å²) >= 11 is 1.77. The zero-order valence-electron chi connectivity index (χ0n) is 22.4. The first kappa shape index (κ1) is 26.2. The van der Waals surface area contributed by atoms with Crippen LogP contribution in [0, 0.1) is 6.92 Å². The molecule has 0 saturated carbocycles. The van der Waals surface area contributed by atoms with E-state index in [2.05, 4.69) is 70.3 Å². The number of amides is 2. The van der Waals surface area contributed by atoms with Crippen LogP contribution >= 0.6 is 11.3 Å². The lowest BCUT2D eigenvalue weighted by Crippen LogP contribution is -2.49. The maximum absolute atomic E-state index is 13.9. The third-order valence-electron chi connectivity index (χ3n) is 7.37. The van der Waals surface area contributed by atoms with Crippen molar-refractivity contribution >= 4 is 23.2 Å². The van der Waals surface area contributed by atoms with Gasteiger partial charge in [0, 0.05) is 23.0 Å². The predicted molar refractivity (Wildman–Crippen MR) is 149 cm³/mol. The highest BCUT2D eigenvalue weighted by Gasteiger charge is 2.35. The number of fused-ring (bicyclic) bond motifs is 1. The topological polar surface area (TPSA) is 40.6 Å². The first-order valence-electron chi connectivity index (χ1n) is 12.9. The summed E-state index contributed by atoms with van der Waals surface area (Å²) in [5.41, 5.74) is 5.36. The molecule has 2 heterocycles. The maximum Gasteiger partial charge on any atom is 0.254 e. The van der Waals surface area contributed by atoms with Crippen molar-refractivity contribution in [2.24, 2.45) is 0 Å². The van der Waals surface area contributed by atoms with E-state index in [9.17, 15) is 9.59 Å². The van der Waals surface area contributed by atoms with Crippen LogP contribution in [-0.4, -0.2) is 40.7 Å². The molecule has 36 heavy (non-hydrogen) atoms. The predicted octanol–water partition coefficient (Wildman–Crippen LogP) is 6.77. The molecule has 2 amide bonds. The van der Waals surface area contributed by atoms with Gasteiger partial charge in [-0.3, -0.25) is 9.59 Å². The fraction of sp³-hybridized carbons (Fsp3) is 0.419. The van der Waals surface area contributed by atoms with Crippen LogP contribution in [0.4, 0.5) is 0 Å². The molecule has 2 atom stereocenters. The highest BCUT2D eigenvalue weighted by atomic mass is 32.1. The van der Waals surface area contributed by atoms with E-state index in [-0.39, 0.29) is 35.9 Å². The molecule has 190 valence electrons. The van der Waals surface area contributed by atoms with Crippen molar-refractivity contribution in [3.05, 3.63) is 92.7 Å². The molecular formula is C31H38N2O2S. The van der Waals surface area contributed by atoms with Crippen molar-refractivity contribution in [1.82, 2.24) is 9.80 Å². The fourth-order valence-electron chi connectivity index (χ4n) is 4.86. The summed E-state index contributed by atoms with van der Waals surface area (Å²) in [6.07, 6.45) is 1.64. The highest BCUT2D eigenvalue weighted by Crippen LogP contribution is 2.38. The monoisotopic (exact) mass is 502 g/mol. The zero-order valence-corrected chi connectivity index (χ0v) is 23.2. The molecule has 0 N–H and O–H groups in total. The van der Waals surface area contributed by atoms with E-state index in [4.69, 9.17) is 0 Å². The number of nitrogens with zero attached hydrogens (tertiary/aromatic N) is 2. The Hall–Kier alpha value is -2.92. The Morgan fingerprint density at radius 3 is 2.33 bits per heavy atom. The largest absolute Gasteiger partial charge is 0.330 e. The highest BCUT2D eigenvalue weighted by molar-refractivity contribution is 7.10. The maximum atomic E-state index is 13.9. The smallest absolute Gasteiger partial charge is 0.254 e. The first-order chi connectivity index (χ1) is 17.1. The number of carbonyl (C=O) groups excluding carboxylic acids is 2. The van der Waals surface area contributed by atoms with E-state index < -0.39 is 0 Å². The molecule has 3 aromatic rings. The Kier molecular flexibility index (Phi) is 7.70. The van der Waals surface area contributed by atoms with Gasteiger partial charge >= 0.3 is 0 Å². The summed E-state index contributed by atoms with van der Waals surface area (Å²) in [6.45, 7) is 13.4. The van der Waals surface area contributed by atoms with Gasteiger partial charge in [0.15, 0.2) is 0 Å². The Morgan fingerprint density at radius 2 is 1.72 bits per heavy atom. The van der Waals surface area contributed by atoms with Crippen LogP contribution in [0.5, 0.6) is 0 Å². The van der Waals surface area contributed by atoms with Crippen molar-refractivity contribution < 1.29 is 9.59 Å². The fourth-order valence-corrected chi connectivity index (χ4v) is 5.76. The van der Waals surface area contributed by atoms with Crippen molar-refractivity contribution in [3.63, 3.8) is 0 Å². The summed E-state index contributed by atoms with van der Waals surface area (Å²) in [7, 11) is 0. The van der Waals surface area contributed by atoms with Crippen LogP contribution in [-0.2, 0) is 16.6 Å². The molecule has 0 bridgehead atoms. The zero-order chi connectivity index (χ0) is 26.0. The second kappa shape index (κ2) is 10.6. The molecule has 0 fully saturated rings. The summed E-state index contributed by atoms with van der Waals surface area (Å²) in [6, 6.07) is 18.3. The molecule has 0 spiro atoms. The number of rotatable bonds is 6. The minimum atomic E-state index is -0.118. The van der Waals surface area contributed by atoms with E-state index in [0.29, 0.717) is 12.1 Å². The molecule has 2 unspecified atom stereocenters. The lowest BCUT2D eigenvalue weighted by molar-refractivity contribution is -0.134. The molecule has 1 aliphatic heterocycles. The van der Waals surface area contributed by atoms with Gasteiger partial charge in [0.1, 0.15) is 6.54 Å². The van der Waals surface area contributed by atoms with Gasteiger partial charge in [-0.15, -0.1) is 11.3 Å². The molecule has 0 aliphatic carbocycles. The molecular weight excluding hydrogens is 464 g/mol. The van der Waals surface area contributed by atoms with Crippen LogP contribution in [0.25, 0.3) is 0 Å². The van der Waals surface area contributed by atoms with Crippen molar-refractivity contribution in [2.45, 2.75) is 71.9 Å². The molecule has 5 heteroatoms. The minimum absolute atomic E-state index is 0.00242. The number of aryl methyl sites for hydroxylation is 1. The second-order valence-corrected chi connectivity index (χ2v) is 12.0.